The molecule has 0 spiro atoms. The summed E-state index contributed by atoms with van der Waals surface area (Å²) in [5.74, 6) is -0.0580. The smallest absolute Gasteiger partial charge is 0.254 e. The number of amides is 1. The van der Waals surface area contributed by atoms with Gasteiger partial charge < -0.3 is 15.4 Å². The molecule has 5 heteroatoms. The van der Waals surface area contributed by atoms with Gasteiger partial charge >= 0.3 is 0 Å². The molecule has 19 heavy (non-hydrogen) atoms. The topological polar surface area (TPSA) is 50.4 Å². The highest BCUT2D eigenvalue weighted by Crippen LogP contribution is 2.16. The minimum atomic E-state index is -0.520. The monoisotopic (exact) mass is 284 g/mol. The van der Waals surface area contributed by atoms with Gasteiger partial charge in [0.2, 0.25) is 0 Å². The van der Waals surface area contributed by atoms with Gasteiger partial charge in [0.1, 0.15) is 0 Å². The van der Waals surface area contributed by atoms with Crippen LogP contribution in [-0.2, 0) is 9.53 Å². The fourth-order valence-electron chi connectivity index (χ4n) is 2.27. The van der Waals surface area contributed by atoms with Crippen LogP contribution in [0.3, 0.4) is 0 Å². The lowest BCUT2D eigenvalue weighted by atomic mass is 10.1. The Kier molecular flexibility index (Phi) is 6.84. The highest BCUT2D eigenvalue weighted by atomic mass is 35.5. The van der Waals surface area contributed by atoms with E-state index in [1.54, 1.807) is 7.11 Å². The molecule has 1 heterocycles. The Balaban J connectivity index is 0.00000180. The summed E-state index contributed by atoms with van der Waals surface area (Å²) >= 11 is 0. The van der Waals surface area contributed by atoms with Gasteiger partial charge in [-0.1, -0.05) is 30.3 Å². The van der Waals surface area contributed by atoms with E-state index in [-0.39, 0.29) is 24.4 Å². The Morgan fingerprint density at radius 3 is 2.74 bits per heavy atom. The van der Waals surface area contributed by atoms with Crippen molar-refractivity contribution in [2.75, 3.05) is 20.2 Å². The van der Waals surface area contributed by atoms with E-state index in [0.29, 0.717) is 0 Å². The molecule has 0 bridgehead atoms. The van der Waals surface area contributed by atoms with Gasteiger partial charge in [0, 0.05) is 19.7 Å². The number of ether oxygens (including phenoxy) is 1. The molecule has 0 aliphatic carbocycles. The zero-order valence-electron chi connectivity index (χ0n) is 11.1. The molecule has 1 fully saturated rings. The minimum Gasteiger partial charge on any atom is -0.367 e. The maximum Gasteiger partial charge on any atom is 0.254 e. The predicted molar refractivity (Wildman–Crippen MR) is 77.5 cm³/mol. The van der Waals surface area contributed by atoms with E-state index in [1.165, 1.54) is 0 Å². The van der Waals surface area contributed by atoms with Gasteiger partial charge in [0.15, 0.2) is 6.10 Å². The first-order valence-electron chi connectivity index (χ1n) is 6.40. The molecule has 2 rings (SSSR count). The fourth-order valence-corrected chi connectivity index (χ4v) is 2.27. The zero-order valence-corrected chi connectivity index (χ0v) is 11.9. The molecule has 0 radical (unpaired) electrons. The molecule has 106 valence electrons. The molecule has 2 atom stereocenters. The number of hydrogen-bond donors (Lipinski definition) is 2. The van der Waals surface area contributed by atoms with Crippen molar-refractivity contribution in [1.82, 2.24) is 10.6 Å². The van der Waals surface area contributed by atoms with Crippen LogP contribution in [0.4, 0.5) is 0 Å². The van der Waals surface area contributed by atoms with Gasteiger partial charge in [0.25, 0.3) is 5.91 Å². The lowest BCUT2D eigenvalue weighted by Crippen LogP contribution is -2.47. The minimum absolute atomic E-state index is 0. The number of carbonyl (C=O) groups is 1. The Morgan fingerprint density at radius 2 is 2.16 bits per heavy atom. The number of benzene rings is 1. The van der Waals surface area contributed by atoms with E-state index in [4.69, 9.17) is 4.74 Å². The molecule has 1 saturated heterocycles. The number of nitrogens with one attached hydrogen (secondary N) is 2. The van der Waals surface area contributed by atoms with Crippen LogP contribution in [-0.4, -0.2) is 32.1 Å². The molecule has 1 aliphatic rings. The van der Waals surface area contributed by atoms with Crippen LogP contribution in [0.2, 0.25) is 0 Å². The summed E-state index contributed by atoms with van der Waals surface area (Å²) in [6.45, 7) is 1.88. The Labute approximate surface area is 120 Å². The molecule has 1 aromatic carbocycles. The third-order valence-corrected chi connectivity index (χ3v) is 3.22. The van der Waals surface area contributed by atoms with Crippen LogP contribution in [0.25, 0.3) is 0 Å². The quantitative estimate of drug-likeness (QED) is 0.884. The van der Waals surface area contributed by atoms with Crippen LogP contribution in [0.1, 0.15) is 24.5 Å². The second-order valence-electron chi connectivity index (χ2n) is 4.58. The van der Waals surface area contributed by atoms with E-state index >= 15 is 0 Å². The maximum absolute atomic E-state index is 12.2. The Morgan fingerprint density at radius 1 is 1.42 bits per heavy atom. The van der Waals surface area contributed by atoms with E-state index in [1.807, 2.05) is 30.3 Å². The predicted octanol–water partition coefficient (Wildman–Crippen LogP) is 1.66. The third kappa shape index (κ3) is 4.49. The van der Waals surface area contributed by atoms with Gasteiger partial charge in [-0.25, -0.2) is 0 Å². The van der Waals surface area contributed by atoms with E-state index in [9.17, 15) is 4.79 Å². The second kappa shape index (κ2) is 8.15. The van der Waals surface area contributed by atoms with Gasteiger partial charge in [-0.15, -0.1) is 12.4 Å². The molecule has 1 aliphatic heterocycles. The van der Waals surface area contributed by atoms with E-state index < -0.39 is 6.10 Å². The van der Waals surface area contributed by atoms with Crippen molar-refractivity contribution in [1.29, 1.82) is 0 Å². The molecule has 4 nitrogen and oxygen atoms in total. The largest absolute Gasteiger partial charge is 0.367 e. The first-order valence-corrected chi connectivity index (χ1v) is 6.40. The number of methoxy groups -OCH3 is 1. The molecule has 1 aromatic rings. The number of piperidine rings is 1. The zero-order chi connectivity index (χ0) is 12.8. The maximum atomic E-state index is 12.2. The summed E-state index contributed by atoms with van der Waals surface area (Å²) < 4.78 is 5.31. The molecule has 1 unspecified atom stereocenters. The average Bonchev–Trinajstić information content (AvgIpc) is 2.42. The molecular weight excluding hydrogens is 264 g/mol. The SMILES string of the molecule is COC(C(=O)N[C@H]1CCCNC1)c1ccccc1.Cl. The van der Waals surface area contributed by atoms with Gasteiger partial charge in [-0.3, -0.25) is 4.79 Å². The molecular formula is C14H21ClN2O2. The van der Waals surface area contributed by atoms with E-state index in [2.05, 4.69) is 10.6 Å². The second-order valence-corrected chi connectivity index (χ2v) is 4.58. The van der Waals surface area contributed by atoms with Crippen LogP contribution in [0.15, 0.2) is 30.3 Å². The fraction of sp³-hybridized carbons (Fsp3) is 0.500. The first-order chi connectivity index (χ1) is 8.81. The first kappa shape index (κ1) is 16.0. The summed E-state index contributed by atoms with van der Waals surface area (Å²) in [5, 5.41) is 6.32. The number of hydrogen-bond acceptors (Lipinski definition) is 3. The van der Waals surface area contributed by atoms with Crippen molar-refractivity contribution < 1.29 is 9.53 Å². The summed E-state index contributed by atoms with van der Waals surface area (Å²) in [6, 6.07) is 9.79. The summed E-state index contributed by atoms with van der Waals surface area (Å²) in [7, 11) is 1.57. The summed E-state index contributed by atoms with van der Waals surface area (Å²) in [4.78, 5) is 12.2. The molecule has 0 saturated carbocycles. The van der Waals surface area contributed by atoms with Crippen molar-refractivity contribution >= 4 is 18.3 Å². The molecule has 2 N–H and O–H groups in total. The van der Waals surface area contributed by atoms with Crippen LogP contribution < -0.4 is 10.6 Å². The Bertz CT molecular complexity index is 380. The third-order valence-electron chi connectivity index (χ3n) is 3.22. The summed E-state index contributed by atoms with van der Waals surface area (Å²) in [6.07, 6.45) is 1.62. The van der Waals surface area contributed by atoms with Crippen molar-refractivity contribution in [2.45, 2.75) is 25.0 Å². The van der Waals surface area contributed by atoms with Crippen molar-refractivity contribution in [3.05, 3.63) is 35.9 Å². The lowest BCUT2D eigenvalue weighted by molar-refractivity contribution is -0.132. The standard InChI is InChI=1S/C14H20N2O2.ClH/c1-18-13(11-6-3-2-4-7-11)14(17)16-12-8-5-9-15-10-12;/h2-4,6-7,12-13,15H,5,8-10H2,1H3,(H,16,17);1H/t12-,13?;/m0./s1. The van der Waals surface area contributed by atoms with Gasteiger partial charge in [0.05, 0.1) is 0 Å². The van der Waals surface area contributed by atoms with Gasteiger partial charge in [-0.05, 0) is 24.9 Å². The van der Waals surface area contributed by atoms with Crippen LogP contribution in [0.5, 0.6) is 0 Å². The highest BCUT2D eigenvalue weighted by molar-refractivity contribution is 5.85. The Hall–Kier alpha value is -1.10. The molecule has 0 aromatic heterocycles. The highest BCUT2D eigenvalue weighted by Gasteiger charge is 2.23. The van der Waals surface area contributed by atoms with Crippen LogP contribution >= 0.6 is 12.4 Å². The van der Waals surface area contributed by atoms with Crippen molar-refractivity contribution in [3.63, 3.8) is 0 Å². The van der Waals surface area contributed by atoms with Crippen molar-refractivity contribution in [2.24, 2.45) is 0 Å². The normalized spacial score (nSPS) is 20.2. The number of rotatable bonds is 4. The number of halogens is 1. The average molecular weight is 285 g/mol. The van der Waals surface area contributed by atoms with Crippen LogP contribution in [0, 0.1) is 0 Å². The van der Waals surface area contributed by atoms with Gasteiger partial charge in [-0.2, -0.15) is 0 Å². The lowest BCUT2D eigenvalue weighted by Gasteiger charge is -2.26. The number of carbonyl (C=O) groups excluding carboxylic acids is 1. The summed E-state index contributed by atoms with van der Waals surface area (Å²) in [5.41, 5.74) is 0.890. The molecule has 1 amide bonds. The van der Waals surface area contributed by atoms with Crippen molar-refractivity contribution in [3.8, 4) is 0 Å². The van der Waals surface area contributed by atoms with E-state index in [0.717, 1.165) is 31.5 Å².